The molecule has 0 unspecified atom stereocenters. The maximum Gasteiger partial charge on any atom is 0.244 e. The number of rotatable bonds is 4. The monoisotopic (exact) mass is 417 g/mol. The van der Waals surface area contributed by atoms with Crippen LogP contribution in [-0.2, 0) is 4.79 Å². The van der Waals surface area contributed by atoms with Crippen molar-refractivity contribution in [3.05, 3.63) is 23.3 Å². The van der Waals surface area contributed by atoms with Gasteiger partial charge >= 0.3 is 0 Å². The molecule has 3 saturated carbocycles. The van der Waals surface area contributed by atoms with Gasteiger partial charge in [-0.3, -0.25) is 4.79 Å². The van der Waals surface area contributed by atoms with E-state index in [-0.39, 0.29) is 36.1 Å². The van der Waals surface area contributed by atoms with Gasteiger partial charge < -0.3 is 20.6 Å². The van der Waals surface area contributed by atoms with Crippen molar-refractivity contribution in [1.29, 1.82) is 0 Å². The molecule has 4 aliphatic carbocycles. The first-order valence-electron chi connectivity index (χ1n) is 11.8. The van der Waals surface area contributed by atoms with Crippen molar-refractivity contribution in [2.24, 2.45) is 28.6 Å². The molecule has 0 spiro atoms. The van der Waals surface area contributed by atoms with Gasteiger partial charge in [-0.2, -0.15) is 0 Å². The highest BCUT2D eigenvalue weighted by Gasteiger charge is 2.57. The van der Waals surface area contributed by atoms with Crippen molar-refractivity contribution in [2.75, 3.05) is 13.2 Å². The van der Waals surface area contributed by atoms with E-state index >= 15 is 0 Å². The summed E-state index contributed by atoms with van der Waals surface area (Å²) in [6, 6.07) is 0. The summed E-state index contributed by atoms with van der Waals surface area (Å²) >= 11 is 0. The van der Waals surface area contributed by atoms with Crippen LogP contribution in [0.25, 0.3) is 0 Å². The minimum absolute atomic E-state index is 0.0588. The van der Waals surface area contributed by atoms with Gasteiger partial charge in [0, 0.05) is 6.08 Å². The third-order valence-electron chi connectivity index (χ3n) is 9.35. The standard InChI is InChI=1S/C25H39NO4/c1-23(14-27,15-28)26-22(30)13-17-5-7-20-19-6-4-16-12-18(29)8-10-24(16,2)21(19)9-11-25(17,20)3/h4,13,18-21,27-29H,5-12,14-15H2,1-3H3,(H,26,30)/b17-13+/t18-,19-,20-,21-,24-,25+/m0/s1. The summed E-state index contributed by atoms with van der Waals surface area (Å²) in [6.45, 7) is 5.87. The molecule has 0 aromatic carbocycles. The second kappa shape index (κ2) is 7.75. The van der Waals surface area contributed by atoms with E-state index in [1.54, 1.807) is 13.0 Å². The van der Waals surface area contributed by atoms with Gasteiger partial charge in [-0.1, -0.05) is 31.1 Å². The van der Waals surface area contributed by atoms with Crippen LogP contribution in [0.5, 0.6) is 0 Å². The zero-order chi connectivity index (χ0) is 21.7. The van der Waals surface area contributed by atoms with E-state index in [1.165, 1.54) is 17.6 Å². The van der Waals surface area contributed by atoms with Gasteiger partial charge in [0.15, 0.2) is 0 Å². The lowest BCUT2D eigenvalue weighted by Crippen LogP contribution is -2.51. The third kappa shape index (κ3) is 3.47. The first kappa shape index (κ1) is 22.0. The summed E-state index contributed by atoms with van der Waals surface area (Å²) in [5.74, 6) is 1.72. The third-order valence-corrected chi connectivity index (χ3v) is 9.35. The van der Waals surface area contributed by atoms with Crippen LogP contribution < -0.4 is 5.32 Å². The molecule has 5 heteroatoms. The molecule has 4 rings (SSSR count). The van der Waals surface area contributed by atoms with Crippen LogP contribution in [0.4, 0.5) is 0 Å². The van der Waals surface area contributed by atoms with Crippen LogP contribution in [-0.4, -0.2) is 46.1 Å². The largest absolute Gasteiger partial charge is 0.394 e. The molecule has 4 N–H and O–H groups in total. The van der Waals surface area contributed by atoms with Gasteiger partial charge in [0.1, 0.15) is 0 Å². The summed E-state index contributed by atoms with van der Waals surface area (Å²) in [4.78, 5) is 12.7. The van der Waals surface area contributed by atoms with E-state index in [0.717, 1.165) is 44.9 Å². The molecule has 0 heterocycles. The lowest BCUT2D eigenvalue weighted by molar-refractivity contribution is -0.119. The van der Waals surface area contributed by atoms with E-state index < -0.39 is 5.54 Å². The van der Waals surface area contributed by atoms with E-state index in [9.17, 15) is 20.1 Å². The highest BCUT2D eigenvalue weighted by molar-refractivity contribution is 5.89. The average Bonchev–Trinajstić information content (AvgIpc) is 3.04. The van der Waals surface area contributed by atoms with Crippen molar-refractivity contribution in [1.82, 2.24) is 5.32 Å². The Morgan fingerprint density at radius 1 is 1.17 bits per heavy atom. The van der Waals surface area contributed by atoms with Gasteiger partial charge in [0.2, 0.25) is 5.91 Å². The Bertz CT molecular complexity index is 754. The normalized spacial score (nSPS) is 42.2. The van der Waals surface area contributed by atoms with E-state index in [0.29, 0.717) is 17.8 Å². The second-order valence-electron chi connectivity index (χ2n) is 11.2. The fourth-order valence-corrected chi connectivity index (χ4v) is 7.35. The number of fused-ring (bicyclic) bond motifs is 5. The molecule has 6 atom stereocenters. The topological polar surface area (TPSA) is 89.8 Å². The lowest BCUT2D eigenvalue weighted by Gasteiger charge is -2.57. The molecule has 0 bridgehead atoms. The zero-order valence-electron chi connectivity index (χ0n) is 18.8. The van der Waals surface area contributed by atoms with Gasteiger partial charge in [-0.05, 0) is 86.9 Å². The zero-order valence-corrected chi connectivity index (χ0v) is 18.8. The van der Waals surface area contributed by atoms with Crippen LogP contribution in [0.3, 0.4) is 0 Å². The second-order valence-corrected chi connectivity index (χ2v) is 11.2. The average molecular weight is 418 g/mol. The Kier molecular flexibility index (Phi) is 5.70. The molecular formula is C25H39NO4. The van der Waals surface area contributed by atoms with E-state index in [4.69, 9.17) is 0 Å². The quantitative estimate of drug-likeness (QED) is 0.418. The Hall–Kier alpha value is -1.17. The van der Waals surface area contributed by atoms with Crippen LogP contribution >= 0.6 is 0 Å². The van der Waals surface area contributed by atoms with Crippen molar-refractivity contribution < 1.29 is 20.1 Å². The number of aliphatic hydroxyl groups excluding tert-OH is 3. The Morgan fingerprint density at radius 3 is 2.53 bits per heavy atom. The van der Waals surface area contributed by atoms with Crippen molar-refractivity contribution >= 4 is 5.91 Å². The summed E-state index contributed by atoms with van der Waals surface area (Å²) in [5, 5.41) is 31.9. The molecule has 4 aliphatic rings. The van der Waals surface area contributed by atoms with Crippen LogP contribution in [0.15, 0.2) is 23.3 Å². The molecule has 5 nitrogen and oxygen atoms in total. The number of carbonyl (C=O) groups is 1. The maximum absolute atomic E-state index is 12.7. The first-order chi connectivity index (χ1) is 14.1. The van der Waals surface area contributed by atoms with Crippen LogP contribution in [0, 0.1) is 28.6 Å². The van der Waals surface area contributed by atoms with Crippen molar-refractivity contribution in [2.45, 2.75) is 83.8 Å². The van der Waals surface area contributed by atoms with Gasteiger partial charge in [0.25, 0.3) is 0 Å². The minimum Gasteiger partial charge on any atom is -0.394 e. The summed E-state index contributed by atoms with van der Waals surface area (Å²) in [7, 11) is 0. The summed E-state index contributed by atoms with van der Waals surface area (Å²) < 4.78 is 0. The van der Waals surface area contributed by atoms with E-state index in [2.05, 4.69) is 25.2 Å². The number of hydrogen-bond acceptors (Lipinski definition) is 4. The number of amides is 1. The number of nitrogens with one attached hydrogen (secondary N) is 1. The maximum atomic E-state index is 12.7. The molecule has 0 radical (unpaired) electrons. The summed E-state index contributed by atoms with van der Waals surface area (Å²) in [6.07, 6.45) is 12.4. The predicted octanol–water partition coefficient (Wildman–Crippen LogP) is 3.10. The predicted molar refractivity (Wildman–Crippen MR) is 117 cm³/mol. The first-order valence-corrected chi connectivity index (χ1v) is 11.8. The number of allylic oxidation sites excluding steroid dienone is 2. The lowest BCUT2D eigenvalue weighted by atomic mass is 9.48. The fraction of sp³-hybridized carbons (Fsp3) is 0.800. The smallest absolute Gasteiger partial charge is 0.244 e. The minimum atomic E-state index is -0.991. The highest BCUT2D eigenvalue weighted by atomic mass is 16.3. The van der Waals surface area contributed by atoms with Crippen molar-refractivity contribution in [3.8, 4) is 0 Å². The Labute approximate surface area is 180 Å². The molecule has 30 heavy (non-hydrogen) atoms. The number of aliphatic hydroxyl groups is 3. The Morgan fingerprint density at radius 2 is 1.83 bits per heavy atom. The van der Waals surface area contributed by atoms with E-state index in [1.807, 2.05) is 0 Å². The number of hydrogen-bond donors (Lipinski definition) is 4. The molecule has 3 fully saturated rings. The van der Waals surface area contributed by atoms with Crippen LogP contribution in [0.1, 0.15) is 72.1 Å². The Balaban J connectivity index is 1.55. The van der Waals surface area contributed by atoms with Crippen molar-refractivity contribution in [3.63, 3.8) is 0 Å². The molecule has 0 saturated heterocycles. The molecule has 168 valence electrons. The van der Waals surface area contributed by atoms with Gasteiger partial charge in [-0.15, -0.1) is 0 Å². The van der Waals surface area contributed by atoms with Gasteiger partial charge in [-0.25, -0.2) is 0 Å². The van der Waals surface area contributed by atoms with Crippen LogP contribution in [0.2, 0.25) is 0 Å². The molecule has 0 aliphatic heterocycles. The van der Waals surface area contributed by atoms with Gasteiger partial charge in [0.05, 0.1) is 24.9 Å². The SMILES string of the molecule is CC(CO)(CO)NC(=O)/C=C1\CC[C@H]2[C@@H]3CC=C4C[C@@H](O)CC[C@]4(C)[C@H]3CC[C@]12C. The molecule has 1 amide bonds. The molecule has 0 aromatic heterocycles. The fourth-order valence-electron chi connectivity index (χ4n) is 7.35. The molecular weight excluding hydrogens is 378 g/mol. The molecule has 0 aromatic rings. The summed E-state index contributed by atoms with van der Waals surface area (Å²) in [5.41, 5.74) is 2.03. The number of carbonyl (C=O) groups excluding carboxylic acids is 1. The highest BCUT2D eigenvalue weighted by Crippen LogP contribution is 2.66.